The molecule has 11 heteroatoms. The summed E-state index contributed by atoms with van der Waals surface area (Å²) in [6, 6.07) is 17.6. The number of rotatable bonds is 7. The summed E-state index contributed by atoms with van der Waals surface area (Å²) >= 11 is 0. The van der Waals surface area contributed by atoms with E-state index in [9.17, 15) is 14.3 Å². The molecule has 0 spiro atoms. The van der Waals surface area contributed by atoms with Crippen LogP contribution in [-0.2, 0) is 20.9 Å². The van der Waals surface area contributed by atoms with Crippen molar-refractivity contribution in [1.29, 1.82) is 0 Å². The van der Waals surface area contributed by atoms with Crippen LogP contribution in [0.25, 0.3) is 22.6 Å². The number of carbonyl (C=O) groups is 1. The number of β-amino-alcohol motifs (C(OH)–C–C–N with tert-alkyl or cyclic N) is 1. The topological polar surface area (TPSA) is 123 Å². The number of benzene rings is 2. The predicted molar refractivity (Wildman–Crippen MR) is 146 cm³/mol. The van der Waals surface area contributed by atoms with Gasteiger partial charge in [-0.05, 0) is 49.2 Å². The van der Waals surface area contributed by atoms with Crippen LogP contribution >= 0.6 is 0 Å². The number of nitrogens with one attached hydrogen (secondary N) is 1. The monoisotopic (exact) mass is 559 g/mol. The number of hydrogen-bond donors (Lipinski definition) is 2. The lowest BCUT2D eigenvalue weighted by atomic mass is 9.90. The molecule has 2 aromatic heterocycles. The molecule has 1 atom stereocenters. The van der Waals surface area contributed by atoms with Crippen LogP contribution in [0.15, 0.2) is 66.9 Å². The first-order chi connectivity index (χ1) is 19.9. The van der Waals surface area contributed by atoms with E-state index < -0.39 is 17.8 Å². The summed E-state index contributed by atoms with van der Waals surface area (Å²) in [6.45, 7) is 3.17. The van der Waals surface area contributed by atoms with Gasteiger partial charge in [-0.1, -0.05) is 30.3 Å². The Morgan fingerprint density at radius 1 is 1.12 bits per heavy atom. The first-order valence-electron chi connectivity index (χ1n) is 13.4. The number of imidazole rings is 1. The number of amides is 1. The van der Waals surface area contributed by atoms with Gasteiger partial charge in [0.1, 0.15) is 12.4 Å². The fourth-order valence-corrected chi connectivity index (χ4v) is 4.98. The van der Waals surface area contributed by atoms with Gasteiger partial charge in [0.2, 0.25) is 12.2 Å². The number of H-pyrrole nitrogens is 1. The van der Waals surface area contributed by atoms with Crippen LogP contribution in [0.5, 0.6) is 6.01 Å². The standard InChI is InChI=1S/C30H30FN5O5/c1-30(28(38)36-14-12-22(37)15-36)17-40-27(41-18-30)26-34-24(20-7-9-21(31)10-8-20)25(35-26)23-11-13-32-29(33-23)39-16-19-5-3-2-4-6-19/h2-11,13,22,27,37H,12,14-18H2,1H3,(H,34,35). The van der Waals surface area contributed by atoms with Gasteiger partial charge in [0.05, 0.1) is 41.8 Å². The third-order valence-electron chi connectivity index (χ3n) is 7.24. The molecule has 4 heterocycles. The summed E-state index contributed by atoms with van der Waals surface area (Å²) in [4.78, 5) is 31.6. The number of carbonyl (C=O) groups excluding carboxylic acids is 1. The van der Waals surface area contributed by atoms with Crippen molar-refractivity contribution in [1.82, 2.24) is 24.8 Å². The smallest absolute Gasteiger partial charge is 0.317 e. The average Bonchev–Trinajstić information content (AvgIpc) is 3.64. The second-order valence-electron chi connectivity index (χ2n) is 10.6. The summed E-state index contributed by atoms with van der Waals surface area (Å²) in [5.41, 5.74) is 2.36. The highest BCUT2D eigenvalue weighted by atomic mass is 19.1. The highest BCUT2D eigenvalue weighted by molar-refractivity contribution is 5.83. The molecule has 41 heavy (non-hydrogen) atoms. The minimum atomic E-state index is -0.882. The van der Waals surface area contributed by atoms with Crippen LogP contribution in [0.3, 0.4) is 0 Å². The van der Waals surface area contributed by atoms with Crippen molar-refractivity contribution < 1.29 is 28.5 Å². The van der Waals surface area contributed by atoms with Crippen molar-refractivity contribution >= 4 is 5.91 Å². The van der Waals surface area contributed by atoms with Crippen molar-refractivity contribution in [3.8, 4) is 28.7 Å². The Hall–Kier alpha value is -4.19. The van der Waals surface area contributed by atoms with Crippen molar-refractivity contribution in [2.75, 3.05) is 26.3 Å². The van der Waals surface area contributed by atoms with E-state index in [1.807, 2.05) is 30.3 Å². The van der Waals surface area contributed by atoms with Gasteiger partial charge in [-0.15, -0.1) is 0 Å². The van der Waals surface area contributed by atoms with E-state index in [0.29, 0.717) is 54.6 Å². The van der Waals surface area contributed by atoms with Crippen molar-refractivity contribution in [3.05, 3.63) is 84.1 Å². The lowest BCUT2D eigenvalue weighted by molar-refractivity contribution is -0.234. The van der Waals surface area contributed by atoms with E-state index in [1.54, 1.807) is 36.2 Å². The van der Waals surface area contributed by atoms with Gasteiger partial charge in [0, 0.05) is 24.8 Å². The summed E-state index contributed by atoms with van der Waals surface area (Å²) in [5, 5.41) is 9.85. The second-order valence-corrected chi connectivity index (χ2v) is 10.6. The molecular weight excluding hydrogens is 529 g/mol. The van der Waals surface area contributed by atoms with Crippen LogP contribution in [-0.4, -0.2) is 68.3 Å². The molecule has 1 unspecified atom stereocenters. The van der Waals surface area contributed by atoms with E-state index in [4.69, 9.17) is 19.2 Å². The molecule has 0 aliphatic carbocycles. The number of likely N-dealkylation sites (tertiary alicyclic amines) is 1. The second kappa shape index (κ2) is 11.4. The van der Waals surface area contributed by atoms with Crippen LogP contribution in [0, 0.1) is 11.2 Å². The Labute approximate surface area is 236 Å². The zero-order valence-corrected chi connectivity index (χ0v) is 22.5. The number of aliphatic hydroxyl groups excluding tert-OH is 1. The molecule has 0 bridgehead atoms. The Morgan fingerprint density at radius 3 is 2.59 bits per heavy atom. The summed E-state index contributed by atoms with van der Waals surface area (Å²) in [7, 11) is 0. The molecule has 2 saturated heterocycles. The number of ether oxygens (including phenoxy) is 3. The number of aliphatic hydroxyl groups is 1. The van der Waals surface area contributed by atoms with Crippen LogP contribution in [0.1, 0.15) is 31.0 Å². The highest BCUT2D eigenvalue weighted by Gasteiger charge is 2.44. The summed E-state index contributed by atoms with van der Waals surface area (Å²) in [5.74, 6) is -0.0856. The molecule has 2 aliphatic heterocycles. The third kappa shape index (κ3) is 5.83. The lowest BCUT2D eigenvalue weighted by Gasteiger charge is -2.37. The quantitative estimate of drug-likeness (QED) is 0.350. The number of halogens is 1. The van der Waals surface area contributed by atoms with E-state index in [-0.39, 0.29) is 30.9 Å². The van der Waals surface area contributed by atoms with E-state index >= 15 is 0 Å². The molecule has 6 rings (SSSR count). The van der Waals surface area contributed by atoms with Gasteiger partial charge in [-0.2, -0.15) is 4.98 Å². The first kappa shape index (κ1) is 27.0. The molecule has 1 amide bonds. The molecule has 2 aliphatic rings. The Morgan fingerprint density at radius 2 is 1.88 bits per heavy atom. The Kier molecular flexibility index (Phi) is 7.48. The molecule has 212 valence electrons. The zero-order chi connectivity index (χ0) is 28.4. The van der Waals surface area contributed by atoms with Gasteiger partial charge in [-0.3, -0.25) is 4.79 Å². The first-order valence-corrected chi connectivity index (χ1v) is 13.4. The average molecular weight is 560 g/mol. The van der Waals surface area contributed by atoms with Gasteiger partial charge < -0.3 is 29.2 Å². The zero-order valence-electron chi connectivity index (χ0n) is 22.5. The minimum Gasteiger partial charge on any atom is -0.459 e. The summed E-state index contributed by atoms with van der Waals surface area (Å²) in [6.07, 6.45) is 0.800. The molecular formula is C30H30FN5O5. The van der Waals surface area contributed by atoms with Gasteiger partial charge >= 0.3 is 6.01 Å². The normalized spacial score (nSPS) is 22.6. The SMILES string of the molecule is CC1(C(=O)N2CCC(O)C2)COC(c2nc(-c3ccc(F)cc3)c(-c3ccnc(OCc4ccccc4)n3)[nH]2)OC1. The highest BCUT2D eigenvalue weighted by Crippen LogP contribution is 2.36. The molecule has 0 saturated carbocycles. The van der Waals surface area contributed by atoms with Crippen LogP contribution in [0.4, 0.5) is 4.39 Å². The summed E-state index contributed by atoms with van der Waals surface area (Å²) < 4.78 is 31.6. The maximum atomic E-state index is 13.7. The number of hydrogen-bond acceptors (Lipinski definition) is 8. The van der Waals surface area contributed by atoms with Gasteiger partial charge in [-0.25, -0.2) is 14.4 Å². The molecule has 2 N–H and O–H groups in total. The Balaban J connectivity index is 1.25. The van der Waals surface area contributed by atoms with Gasteiger partial charge in [0.15, 0.2) is 5.82 Å². The van der Waals surface area contributed by atoms with Gasteiger partial charge in [0.25, 0.3) is 0 Å². The van der Waals surface area contributed by atoms with Crippen LogP contribution < -0.4 is 4.74 Å². The molecule has 2 fully saturated rings. The fourth-order valence-electron chi connectivity index (χ4n) is 4.98. The third-order valence-corrected chi connectivity index (χ3v) is 7.24. The van der Waals surface area contributed by atoms with E-state index in [1.165, 1.54) is 12.1 Å². The number of nitrogens with zero attached hydrogens (tertiary/aromatic N) is 4. The van der Waals surface area contributed by atoms with Crippen LogP contribution in [0.2, 0.25) is 0 Å². The maximum Gasteiger partial charge on any atom is 0.317 e. The molecule has 4 aromatic rings. The maximum absolute atomic E-state index is 13.7. The van der Waals surface area contributed by atoms with Crippen molar-refractivity contribution in [2.45, 2.75) is 32.3 Å². The predicted octanol–water partition coefficient (Wildman–Crippen LogP) is 3.90. The van der Waals surface area contributed by atoms with E-state index in [0.717, 1.165) is 5.56 Å². The molecule has 0 radical (unpaired) electrons. The minimum absolute atomic E-state index is 0.108. The lowest BCUT2D eigenvalue weighted by Crippen LogP contribution is -2.49. The van der Waals surface area contributed by atoms with Crippen molar-refractivity contribution in [3.63, 3.8) is 0 Å². The largest absolute Gasteiger partial charge is 0.459 e. The molecule has 2 aromatic carbocycles. The number of aromatic amines is 1. The molecule has 10 nitrogen and oxygen atoms in total. The Bertz CT molecular complexity index is 1510. The number of aromatic nitrogens is 4. The fraction of sp³-hybridized carbons (Fsp3) is 0.333. The van der Waals surface area contributed by atoms with E-state index in [2.05, 4.69) is 15.0 Å². The van der Waals surface area contributed by atoms with Crippen molar-refractivity contribution in [2.24, 2.45) is 5.41 Å².